The van der Waals surface area contributed by atoms with E-state index in [0.717, 1.165) is 5.57 Å². The molecular formula is C14H11NO3S2. The molecule has 0 unspecified atom stereocenters. The molecule has 6 heteroatoms. The zero-order valence-electron chi connectivity index (χ0n) is 10.7. The Morgan fingerprint density at radius 1 is 1.30 bits per heavy atom. The number of fused-ring (bicyclic) bond motifs is 2. The molecule has 0 fully saturated rings. The van der Waals surface area contributed by atoms with E-state index in [-0.39, 0.29) is 10.8 Å². The third-order valence-corrected chi connectivity index (χ3v) is 4.89. The summed E-state index contributed by atoms with van der Waals surface area (Å²) in [5, 5.41) is 0. The molecule has 4 nitrogen and oxygen atoms in total. The van der Waals surface area contributed by atoms with Gasteiger partial charge in [0, 0.05) is 28.0 Å². The van der Waals surface area contributed by atoms with Gasteiger partial charge in [-0.05, 0) is 6.07 Å². The highest BCUT2D eigenvalue weighted by molar-refractivity contribution is 7.90. The second kappa shape index (κ2) is 4.64. The van der Waals surface area contributed by atoms with Gasteiger partial charge < -0.3 is 4.74 Å². The highest BCUT2D eigenvalue weighted by Gasteiger charge is 2.30. The van der Waals surface area contributed by atoms with Gasteiger partial charge in [0.25, 0.3) is 10.0 Å². The largest absolute Gasteiger partial charge is 0.480 e. The number of thiocarbonyl (C=S) groups is 1. The first-order valence-corrected chi connectivity index (χ1v) is 7.82. The summed E-state index contributed by atoms with van der Waals surface area (Å²) in [7, 11) is -2.39. The summed E-state index contributed by atoms with van der Waals surface area (Å²) in [5.41, 5.74) is 1.93. The average Bonchev–Trinajstić information content (AvgIpc) is 2.53. The molecule has 0 bridgehead atoms. The monoisotopic (exact) mass is 305 g/mol. The fourth-order valence-corrected chi connectivity index (χ4v) is 3.85. The van der Waals surface area contributed by atoms with E-state index in [2.05, 4.69) is 4.40 Å². The molecule has 1 aliphatic carbocycles. The van der Waals surface area contributed by atoms with Gasteiger partial charge in [-0.25, -0.2) is 0 Å². The number of allylic oxidation sites excluding steroid dienone is 2. The van der Waals surface area contributed by atoms with Crippen LogP contribution in [0.1, 0.15) is 12.0 Å². The summed E-state index contributed by atoms with van der Waals surface area (Å²) in [6, 6.07) is 6.75. The molecule has 0 saturated carbocycles. The summed E-state index contributed by atoms with van der Waals surface area (Å²) in [6.45, 7) is 0. The van der Waals surface area contributed by atoms with E-state index in [9.17, 15) is 8.42 Å². The van der Waals surface area contributed by atoms with E-state index < -0.39 is 10.0 Å². The molecule has 0 aromatic heterocycles. The first-order valence-electron chi connectivity index (χ1n) is 5.97. The van der Waals surface area contributed by atoms with Crippen LogP contribution in [0, 0.1) is 0 Å². The minimum absolute atomic E-state index is 0.0782. The topological polar surface area (TPSA) is 55.7 Å². The van der Waals surface area contributed by atoms with Crippen molar-refractivity contribution < 1.29 is 13.2 Å². The Kier molecular flexibility index (Phi) is 3.07. The van der Waals surface area contributed by atoms with Crippen LogP contribution in [0.2, 0.25) is 0 Å². The molecule has 1 heterocycles. The highest BCUT2D eigenvalue weighted by Crippen LogP contribution is 2.35. The fraction of sp³-hybridized carbons (Fsp3) is 0.143. The minimum Gasteiger partial charge on any atom is -0.480 e. The van der Waals surface area contributed by atoms with Gasteiger partial charge in [-0.3, -0.25) is 0 Å². The molecule has 1 aliphatic heterocycles. The maximum atomic E-state index is 12.4. The van der Waals surface area contributed by atoms with Crippen LogP contribution in [0.4, 0.5) is 0 Å². The lowest BCUT2D eigenvalue weighted by Crippen LogP contribution is -2.12. The summed E-state index contributed by atoms with van der Waals surface area (Å²) in [6.07, 6.45) is 4.31. The van der Waals surface area contributed by atoms with Crippen LogP contribution in [0.3, 0.4) is 0 Å². The third-order valence-electron chi connectivity index (χ3n) is 3.20. The zero-order chi connectivity index (χ0) is 14.3. The number of sulfonamides is 1. The SMILES string of the molecule is COC1=NS(=O)(=O)c2ccccc2C2=C1C=CCC2=S. The molecule has 0 N–H and O–H groups in total. The second-order valence-corrected chi connectivity index (χ2v) is 6.46. The predicted octanol–water partition coefficient (Wildman–Crippen LogP) is 2.52. The Hall–Kier alpha value is -1.79. The molecule has 0 amide bonds. The van der Waals surface area contributed by atoms with Crippen molar-refractivity contribution in [1.29, 1.82) is 0 Å². The quantitative estimate of drug-likeness (QED) is 0.691. The van der Waals surface area contributed by atoms with Crippen LogP contribution in [0.5, 0.6) is 0 Å². The number of methoxy groups -OCH3 is 1. The summed E-state index contributed by atoms with van der Waals surface area (Å²) in [5.74, 6) is 0.0782. The van der Waals surface area contributed by atoms with Crippen molar-refractivity contribution in [3.63, 3.8) is 0 Å². The van der Waals surface area contributed by atoms with Crippen LogP contribution in [0.15, 0.2) is 51.3 Å². The molecule has 0 saturated heterocycles. The standard InChI is InChI=1S/C14H11NO3S2/c1-18-14-10-6-4-7-11(19)13(10)9-5-2-3-8-12(9)20(16,17)15-14/h2-6,8H,7H2,1H3. The molecule has 0 radical (unpaired) electrons. The van der Waals surface area contributed by atoms with Gasteiger partial charge in [0.15, 0.2) is 0 Å². The van der Waals surface area contributed by atoms with E-state index in [1.165, 1.54) is 7.11 Å². The third kappa shape index (κ3) is 1.92. The molecule has 102 valence electrons. The van der Waals surface area contributed by atoms with Crippen molar-refractivity contribution in [3.05, 3.63) is 47.6 Å². The molecular weight excluding hydrogens is 294 g/mol. The maximum absolute atomic E-state index is 12.4. The van der Waals surface area contributed by atoms with Gasteiger partial charge in [-0.1, -0.05) is 42.6 Å². The van der Waals surface area contributed by atoms with E-state index >= 15 is 0 Å². The minimum atomic E-state index is -3.79. The molecule has 0 atom stereocenters. The van der Waals surface area contributed by atoms with Crippen LogP contribution in [-0.2, 0) is 14.8 Å². The average molecular weight is 305 g/mol. The predicted molar refractivity (Wildman–Crippen MR) is 81.3 cm³/mol. The number of nitrogens with zero attached hydrogens (tertiary/aromatic N) is 1. The molecule has 2 aliphatic rings. The lowest BCUT2D eigenvalue weighted by molar-refractivity contribution is 0.405. The number of ether oxygens (including phenoxy) is 1. The number of hydrogen-bond acceptors (Lipinski definition) is 4. The van der Waals surface area contributed by atoms with Crippen LogP contribution in [0.25, 0.3) is 5.57 Å². The van der Waals surface area contributed by atoms with E-state index in [1.54, 1.807) is 24.3 Å². The Morgan fingerprint density at radius 3 is 2.80 bits per heavy atom. The van der Waals surface area contributed by atoms with Crippen molar-refractivity contribution in [3.8, 4) is 0 Å². The Labute approximate surface area is 122 Å². The Balaban J connectivity index is 2.45. The lowest BCUT2D eigenvalue weighted by Gasteiger charge is -2.16. The second-order valence-electron chi connectivity index (χ2n) is 4.39. The van der Waals surface area contributed by atoms with Gasteiger partial charge in [-0.2, -0.15) is 8.42 Å². The van der Waals surface area contributed by atoms with Gasteiger partial charge in [0.1, 0.15) is 0 Å². The lowest BCUT2D eigenvalue weighted by atomic mass is 9.91. The van der Waals surface area contributed by atoms with Crippen molar-refractivity contribution in [2.45, 2.75) is 11.3 Å². The van der Waals surface area contributed by atoms with Gasteiger partial charge in [0.2, 0.25) is 5.90 Å². The number of rotatable bonds is 0. The number of hydrogen-bond donors (Lipinski definition) is 0. The summed E-state index contributed by atoms with van der Waals surface area (Å²) < 4.78 is 33.6. The highest BCUT2D eigenvalue weighted by atomic mass is 32.2. The van der Waals surface area contributed by atoms with E-state index in [4.69, 9.17) is 17.0 Å². The van der Waals surface area contributed by atoms with Gasteiger partial charge >= 0.3 is 0 Å². The van der Waals surface area contributed by atoms with Crippen LogP contribution >= 0.6 is 12.2 Å². The zero-order valence-corrected chi connectivity index (χ0v) is 12.3. The maximum Gasteiger partial charge on any atom is 0.286 e. The van der Waals surface area contributed by atoms with Crippen molar-refractivity contribution in [2.75, 3.05) is 7.11 Å². The molecule has 1 aromatic rings. The Bertz CT molecular complexity index is 801. The molecule has 3 rings (SSSR count). The first kappa shape index (κ1) is 13.2. The summed E-state index contributed by atoms with van der Waals surface area (Å²) in [4.78, 5) is 0.856. The number of benzene rings is 1. The van der Waals surface area contributed by atoms with Crippen molar-refractivity contribution >= 4 is 38.6 Å². The van der Waals surface area contributed by atoms with Crippen LogP contribution in [-0.4, -0.2) is 26.3 Å². The fourth-order valence-electron chi connectivity index (χ4n) is 2.35. The molecule has 0 spiro atoms. The molecule has 1 aromatic carbocycles. The van der Waals surface area contributed by atoms with Gasteiger partial charge in [-0.15, -0.1) is 4.40 Å². The van der Waals surface area contributed by atoms with E-state index in [0.29, 0.717) is 22.4 Å². The van der Waals surface area contributed by atoms with Crippen molar-refractivity contribution in [2.24, 2.45) is 4.40 Å². The van der Waals surface area contributed by atoms with Crippen LogP contribution < -0.4 is 0 Å². The smallest absolute Gasteiger partial charge is 0.286 e. The Morgan fingerprint density at radius 2 is 2.05 bits per heavy atom. The normalized spacial score (nSPS) is 19.9. The van der Waals surface area contributed by atoms with Gasteiger partial charge in [0.05, 0.1) is 12.0 Å². The first-order chi connectivity index (χ1) is 9.54. The van der Waals surface area contributed by atoms with E-state index in [1.807, 2.05) is 12.2 Å². The van der Waals surface area contributed by atoms with Crippen molar-refractivity contribution in [1.82, 2.24) is 0 Å². The summed E-state index contributed by atoms with van der Waals surface area (Å²) >= 11 is 5.40. The molecule has 20 heavy (non-hydrogen) atoms.